The number of carbonyl (C=O) groups is 1. The Balaban J connectivity index is 1.33. The van der Waals surface area contributed by atoms with E-state index in [1.807, 2.05) is 48.7 Å². The number of anilines is 1. The summed E-state index contributed by atoms with van der Waals surface area (Å²) < 4.78 is 0. The van der Waals surface area contributed by atoms with E-state index in [9.17, 15) is 4.79 Å². The van der Waals surface area contributed by atoms with Gasteiger partial charge >= 0.3 is 0 Å². The number of amides is 1. The van der Waals surface area contributed by atoms with Crippen LogP contribution >= 0.6 is 0 Å². The van der Waals surface area contributed by atoms with Crippen molar-refractivity contribution in [2.45, 2.75) is 13.0 Å². The average molecular weight is 390 g/mol. The van der Waals surface area contributed by atoms with E-state index >= 15 is 0 Å². The maximum atomic E-state index is 12.4. The third-order valence-corrected chi connectivity index (χ3v) is 5.20. The van der Waals surface area contributed by atoms with Gasteiger partial charge in [-0.05, 0) is 37.7 Å². The largest absolute Gasteiger partial charge is 0.355 e. The van der Waals surface area contributed by atoms with Crippen LogP contribution in [0.2, 0.25) is 0 Å². The minimum absolute atomic E-state index is 0.181. The summed E-state index contributed by atoms with van der Waals surface area (Å²) in [5.74, 6) is 0.816. The Kier molecular flexibility index (Phi) is 5.86. The van der Waals surface area contributed by atoms with Gasteiger partial charge < -0.3 is 15.1 Å². The van der Waals surface area contributed by atoms with Crippen molar-refractivity contribution in [2.75, 3.05) is 38.1 Å². The lowest BCUT2D eigenvalue weighted by atomic mass is 10.1. The highest BCUT2D eigenvalue weighted by Gasteiger charge is 2.14. The highest BCUT2D eigenvalue weighted by atomic mass is 16.1. The second-order valence-corrected chi connectivity index (χ2v) is 7.38. The third-order valence-electron chi connectivity index (χ3n) is 5.20. The van der Waals surface area contributed by atoms with Crippen LogP contribution in [0.15, 0.2) is 54.7 Å². The van der Waals surface area contributed by atoms with Crippen molar-refractivity contribution in [3.8, 4) is 11.3 Å². The molecular formula is C22H26N6O. The van der Waals surface area contributed by atoms with E-state index in [-0.39, 0.29) is 5.91 Å². The highest BCUT2D eigenvalue weighted by molar-refractivity contribution is 5.93. The summed E-state index contributed by atoms with van der Waals surface area (Å²) in [4.78, 5) is 21.7. The van der Waals surface area contributed by atoms with Crippen molar-refractivity contribution in [3.63, 3.8) is 0 Å². The zero-order valence-electron chi connectivity index (χ0n) is 16.6. The van der Waals surface area contributed by atoms with Gasteiger partial charge in [-0.1, -0.05) is 36.4 Å². The van der Waals surface area contributed by atoms with Crippen LogP contribution in [0.3, 0.4) is 0 Å². The first-order valence-electron chi connectivity index (χ1n) is 9.96. The third kappa shape index (κ3) is 4.81. The summed E-state index contributed by atoms with van der Waals surface area (Å²) in [7, 11) is 2.16. The molecule has 2 N–H and O–H groups in total. The number of H-pyrrole nitrogens is 1. The first kappa shape index (κ1) is 19.1. The van der Waals surface area contributed by atoms with Gasteiger partial charge in [0.05, 0.1) is 5.69 Å². The van der Waals surface area contributed by atoms with Crippen molar-refractivity contribution in [2.24, 2.45) is 0 Å². The lowest BCUT2D eigenvalue weighted by Crippen LogP contribution is -2.29. The van der Waals surface area contributed by atoms with E-state index in [2.05, 4.69) is 37.3 Å². The molecule has 3 aromatic rings. The summed E-state index contributed by atoms with van der Waals surface area (Å²) in [6, 6.07) is 15.6. The molecule has 2 aromatic heterocycles. The van der Waals surface area contributed by atoms with E-state index < -0.39 is 0 Å². The Morgan fingerprint density at radius 3 is 2.76 bits per heavy atom. The molecule has 0 bridgehead atoms. The SMILES string of the molecule is CN1CCCN(c2ccc(CNC(=O)c3cc(-c4ccccc4)n[nH]3)cn2)CC1. The second-order valence-electron chi connectivity index (χ2n) is 7.38. The quantitative estimate of drug-likeness (QED) is 0.700. The standard InChI is InChI=1S/C22H26N6O/c1-27-10-5-11-28(13-12-27)21-9-8-17(15-23-21)16-24-22(29)20-14-19(25-26-20)18-6-3-2-4-7-18/h2-4,6-9,14-15H,5,10-13,16H2,1H3,(H,24,29)(H,25,26). The fourth-order valence-electron chi connectivity index (χ4n) is 3.46. The minimum atomic E-state index is -0.181. The van der Waals surface area contributed by atoms with E-state index in [4.69, 9.17) is 0 Å². The van der Waals surface area contributed by atoms with Gasteiger partial charge in [-0.2, -0.15) is 5.10 Å². The number of aromatic amines is 1. The lowest BCUT2D eigenvalue weighted by molar-refractivity contribution is 0.0946. The van der Waals surface area contributed by atoms with Gasteiger partial charge in [-0.25, -0.2) is 4.98 Å². The van der Waals surface area contributed by atoms with E-state index in [1.54, 1.807) is 6.07 Å². The summed E-state index contributed by atoms with van der Waals surface area (Å²) in [6.07, 6.45) is 2.98. The van der Waals surface area contributed by atoms with Crippen LogP contribution in [-0.2, 0) is 6.54 Å². The van der Waals surface area contributed by atoms with Crippen LogP contribution in [0, 0.1) is 0 Å². The van der Waals surface area contributed by atoms with Crippen LogP contribution in [0.4, 0.5) is 5.82 Å². The Morgan fingerprint density at radius 1 is 1.10 bits per heavy atom. The topological polar surface area (TPSA) is 77.1 Å². The molecule has 0 aliphatic carbocycles. The number of hydrogen-bond donors (Lipinski definition) is 2. The van der Waals surface area contributed by atoms with E-state index in [1.165, 1.54) is 0 Å². The fourth-order valence-corrected chi connectivity index (χ4v) is 3.46. The van der Waals surface area contributed by atoms with Crippen LogP contribution in [-0.4, -0.2) is 59.2 Å². The number of rotatable bonds is 5. The first-order valence-corrected chi connectivity index (χ1v) is 9.96. The molecule has 4 rings (SSSR count). The zero-order valence-corrected chi connectivity index (χ0v) is 16.6. The average Bonchev–Trinajstić information content (AvgIpc) is 3.16. The molecule has 0 radical (unpaired) electrons. The fraction of sp³-hybridized carbons (Fsp3) is 0.318. The number of pyridine rings is 1. The highest BCUT2D eigenvalue weighted by Crippen LogP contribution is 2.17. The molecular weight excluding hydrogens is 364 g/mol. The normalized spacial score (nSPS) is 15.1. The van der Waals surface area contributed by atoms with Gasteiger partial charge in [0.2, 0.25) is 0 Å². The second kappa shape index (κ2) is 8.87. The molecule has 1 aliphatic heterocycles. The Bertz CT molecular complexity index is 937. The number of carbonyl (C=O) groups excluding carboxylic acids is 1. The molecule has 7 heteroatoms. The molecule has 1 fully saturated rings. The Morgan fingerprint density at radius 2 is 1.97 bits per heavy atom. The van der Waals surface area contributed by atoms with Gasteiger partial charge in [0.25, 0.3) is 5.91 Å². The van der Waals surface area contributed by atoms with Gasteiger partial charge in [0.1, 0.15) is 11.5 Å². The van der Waals surface area contributed by atoms with Gasteiger partial charge in [-0.15, -0.1) is 0 Å². The van der Waals surface area contributed by atoms with Crippen molar-refractivity contribution < 1.29 is 4.79 Å². The Hall–Kier alpha value is -3.19. The predicted octanol–water partition coefficient (Wildman–Crippen LogP) is 2.54. The lowest BCUT2D eigenvalue weighted by Gasteiger charge is -2.21. The van der Waals surface area contributed by atoms with Gasteiger partial charge in [-0.3, -0.25) is 9.89 Å². The number of nitrogens with zero attached hydrogens (tertiary/aromatic N) is 4. The predicted molar refractivity (Wildman–Crippen MR) is 114 cm³/mol. The van der Waals surface area contributed by atoms with Crippen LogP contribution in [0.25, 0.3) is 11.3 Å². The van der Waals surface area contributed by atoms with Crippen LogP contribution in [0.5, 0.6) is 0 Å². The molecule has 0 spiro atoms. The molecule has 1 saturated heterocycles. The van der Waals surface area contributed by atoms with Crippen molar-refractivity contribution in [1.29, 1.82) is 0 Å². The molecule has 1 aromatic carbocycles. The summed E-state index contributed by atoms with van der Waals surface area (Å²) >= 11 is 0. The molecule has 0 saturated carbocycles. The summed E-state index contributed by atoms with van der Waals surface area (Å²) in [5, 5.41) is 9.97. The maximum Gasteiger partial charge on any atom is 0.269 e. The summed E-state index contributed by atoms with van der Waals surface area (Å²) in [5.41, 5.74) is 3.14. The van der Waals surface area contributed by atoms with Crippen molar-refractivity contribution >= 4 is 11.7 Å². The molecule has 3 heterocycles. The molecule has 29 heavy (non-hydrogen) atoms. The van der Waals surface area contributed by atoms with Gasteiger partial charge in [0, 0.05) is 37.9 Å². The number of aromatic nitrogens is 3. The monoisotopic (exact) mass is 390 g/mol. The Labute approximate surface area is 170 Å². The summed E-state index contributed by atoms with van der Waals surface area (Å²) in [6.45, 7) is 4.61. The smallest absolute Gasteiger partial charge is 0.269 e. The molecule has 1 aliphatic rings. The molecule has 150 valence electrons. The maximum absolute atomic E-state index is 12.4. The van der Waals surface area contributed by atoms with Gasteiger partial charge in [0.15, 0.2) is 0 Å². The van der Waals surface area contributed by atoms with Crippen LogP contribution in [0.1, 0.15) is 22.5 Å². The first-order chi connectivity index (χ1) is 14.2. The minimum Gasteiger partial charge on any atom is -0.355 e. The molecule has 7 nitrogen and oxygen atoms in total. The molecule has 0 unspecified atom stereocenters. The molecule has 1 amide bonds. The number of hydrogen-bond acceptors (Lipinski definition) is 5. The van der Waals surface area contributed by atoms with E-state index in [0.717, 1.165) is 55.2 Å². The number of benzene rings is 1. The molecule has 0 atom stereocenters. The number of nitrogens with one attached hydrogen (secondary N) is 2. The van der Waals surface area contributed by atoms with Crippen LogP contribution < -0.4 is 10.2 Å². The van der Waals surface area contributed by atoms with E-state index in [0.29, 0.717) is 12.2 Å². The number of likely N-dealkylation sites (N-methyl/N-ethyl adjacent to an activating group) is 1. The van der Waals surface area contributed by atoms with Crippen molar-refractivity contribution in [1.82, 2.24) is 25.4 Å². The zero-order chi connectivity index (χ0) is 20.1. The van der Waals surface area contributed by atoms with Crippen molar-refractivity contribution in [3.05, 3.63) is 66.0 Å².